The molecule has 8 heteroatoms. The van der Waals surface area contributed by atoms with Crippen LogP contribution in [0.3, 0.4) is 0 Å². The molecule has 1 aliphatic heterocycles. The maximum atomic E-state index is 13.6. The van der Waals surface area contributed by atoms with Crippen molar-refractivity contribution in [2.45, 2.75) is 71.1 Å². The van der Waals surface area contributed by atoms with Crippen molar-refractivity contribution < 1.29 is 19.1 Å². The first-order chi connectivity index (χ1) is 21.5. The summed E-state index contributed by atoms with van der Waals surface area (Å²) in [5.74, 6) is -0.501. The lowest BCUT2D eigenvalue weighted by Crippen LogP contribution is -2.54. The first-order valence-corrected chi connectivity index (χ1v) is 16.2. The minimum Gasteiger partial charge on any atom is -0.375 e. The number of nitrogens with one attached hydrogen (secondary N) is 3. The van der Waals surface area contributed by atoms with Gasteiger partial charge in [-0.3, -0.25) is 14.4 Å². The van der Waals surface area contributed by atoms with Crippen LogP contribution in [0.5, 0.6) is 0 Å². The van der Waals surface area contributed by atoms with Gasteiger partial charge in [-0.15, -0.1) is 0 Å². The average Bonchev–Trinajstić information content (AvgIpc) is 3.55. The van der Waals surface area contributed by atoms with Crippen molar-refractivity contribution >= 4 is 28.5 Å². The molecule has 1 fully saturated rings. The van der Waals surface area contributed by atoms with Gasteiger partial charge in [0.05, 0.1) is 13.2 Å². The summed E-state index contributed by atoms with van der Waals surface area (Å²) in [5.41, 5.74) is 2.12. The summed E-state index contributed by atoms with van der Waals surface area (Å²) < 4.78 is 5.71. The third-order valence-corrected chi connectivity index (χ3v) is 8.42. The molecule has 0 radical (unpaired) electrons. The van der Waals surface area contributed by atoms with Gasteiger partial charge < -0.3 is 25.6 Å². The molecule has 3 N–H and O–H groups in total. The Kier molecular flexibility index (Phi) is 13.2. The van der Waals surface area contributed by atoms with Crippen LogP contribution >= 0.6 is 0 Å². The molecule has 4 rings (SSSR count). The Bertz CT molecular complexity index is 1340. The summed E-state index contributed by atoms with van der Waals surface area (Å²) in [6.45, 7) is 7.77. The molecule has 1 aliphatic rings. The third-order valence-electron chi connectivity index (χ3n) is 8.42. The SMILES string of the molecule is CCC(CC)C(=O)N1CCCC1C(=O)N[C@H](Cc1ccc2ccccc2c1)C(=O)NCCCNCCOCc1ccccc1. The van der Waals surface area contributed by atoms with Gasteiger partial charge in [0.1, 0.15) is 12.1 Å². The monoisotopic (exact) mass is 600 g/mol. The average molecular weight is 601 g/mol. The first kappa shape index (κ1) is 33.1. The fourth-order valence-corrected chi connectivity index (χ4v) is 5.84. The molecule has 2 atom stereocenters. The lowest BCUT2D eigenvalue weighted by atomic mass is 10.00. The number of carbonyl (C=O) groups excluding carboxylic acids is 3. The highest BCUT2D eigenvalue weighted by Gasteiger charge is 2.37. The van der Waals surface area contributed by atoms with Crippen LogP contribution in [0.4, 0.5) is 0 Å². The van der Waals surface area contributed by atoms with E-state index in [2.05, 4.69) is 28.1 Å². The zero-order valence-corrected chi connectivity index (χ0v) is 26.2. The third kappa shape index (κ3) is 9.63. The second-order valence-electron chi connectivity index (χ2n) is 11.6. The Hall–Kier alpha value is -3.75. The summed E-state index contributed by atoms with van der Waals surface area (Å²) in [6.07, 6.45) is 4.03. The maximum absolute atomic E-state index is 13.6. The van der Waals surface area contributed by atoms with Gasteiger partial charge in [0.15, 0.2) is 0 Å². The summed E-state index contributed by atoms with van der Waals surface area (Å²) >= 11 is 0. The Morgan fingerprint density at radius 3 is 2.41 bits per heavy atom. The van der Waals surface area contributed by atoms with E-state index in [9.17, 15) is 14.4 Å². The van der Waals surface area contributed by atoms with Crippen LogP contribution < -0.4 is 16.0 Å². The van der Waals surface area contributed by atoms with Crippen molar-refractivity contribution in [2.75, 3.05) is 32.8 Å². The molecular weight excluding hydrogens is 552 g/mol. The maximum Gasteiger partial charge on any atom is 0.243 e. The van der Waals surface area contributed by atoms with Crippen molar-refractivity contribution in [3.05, 3.63) is 83.9 Å². The standard InChI is InChI=1S/C36H48N4O4/c1-3-29(4-2)36(43)40-22-10-16-33(40)35(42)39-32(25-28-17-18-30-14-8-9-15-31(30)24-28)34(41)38-20-11-19-37-21-23-44-26-27-12-6-5-7-13-27/h5-9,12-15,17-18,24,29,32-33,37H,3-4,10-11,16,19-23,25-26H2,1-2H3,(H,38,41)(H,39,42)/t32-,33?/m1/s1. The first-order valence-electron chi connectivity index (χ1n) is 16.2. The summed E-state index contributed by atoms with van der Waals surface area (Å²) in [4.78, 5) is 41.9. The molecule has 3 aromatic rings. The van der Waals surface area contributed by atoms with E-state index in [0.717, 1.165) is 60.7 Å². The van der Waals surface area contributed by atoms with Gasteiger partial charge in [0, 0.05) is 32.0 Å². The van der Waals surface area contributed by atoms with E-state index in [1.54, 1.807) is 4.90 Å². The van der Waals surface area contributed by atoms with E-state index in [1.807, 2.05) is 74.5 Å². The van der Waals surface area contributed by atoms with Crippen LogP contribution in [0, 0.1) is 5.92 Å². The summed E-state index contributed by atoms with van der Waals surface area (Å²) in [5, 5.41) is 11.6. The number of ether oxygens (including phenoxy) is 1. The number of benzene rings is 3. The second kappa shape index (κ2) is 17.5. The van der Waals surface area contributed by atoms with E-state index in [1.165, 1.54) is 0 Å². The molecular formula is C36H48N4O4. The van der Waals surface area contributed by atoms with E-state index < -0.39 is 12.1 Å². The zero-order valence-electron chi connectivity index (χ0n) is 26.2. The number of rotatable bonds is 17. The van der Waals surface area contributed by atoms with Crippen molar-refractivity contribution in [3.8, 4) is 0 Å². The molecule has 44 heavy (non-hydrogen) atoms. The van der Waals surface area contributed by atoms with Gasteiger partial charge in [-0.1, -0.05) is 86.6 Å². The highest BCUT2D eigenvalue weighted by molar-refractivity contribution is 5.93. The molecule has 3 amide bonds. The van der Waals surface area contributed by atoms with Crippen LogP contribution in [-0.4, -0.2) is 67.5 Å². The number of hydrogen-bond acceptors (Lipinski definition) is 5. The molecule has 1 unspecified atom stereocenters. The Labute approximate surface area is 261 Å². The number of nitrogens with zero attached hydrogens (tertiary/aromatic N) is 1. The number of carbonyl (C=O) groups is 3. The Balaban J connectivity index is 1.30. The lowest BCUT2D eigenvalue weighted by Gasteiger charge is -2.29. The van der Waals surface area contributed by atoms with E-state index >= 15 is 0 Å². The van der Waals surface area contributed by atoms with Crippen LogP contribution in [0.2, 0.25) is 0 Å². The fourth-order valence-electron chi connectivity index (χ4n) is 5.84. The minimum atomic E-state index is -0.742. The number of hydrogen-bond donors (Lipinski definition) is 3. The van der Waals surface area contributed by atoms with E-state index in [0.29, 0.717) is 39.1 Å². The van der Waals surface area contributed by atoms with Crippen LogP contribution in [0.15, 0.2) is 72.8 Å². The normalized spacial score (nSPS) is 15.4. The number of amides is 3. The Morgan fingerprint density at radius 1 is 0.886 bits per heavy atom. The largest absolute Gasteiger partial charge is 0.375 e. The number of fused-ring (bicyclic) bond motifs is 1. The van der Waals surface area contributed by atoms with Gasteiger partial charge in [-0.05, 0) is 60.5 Å². The summed E-state index contributed by atoms with van der Waals surface area (Å²) in [7, 11) is 0. The predicted molar refractivity (Wildman–Crippen MR) is 175 cm³/mol. The molecule has 0 aromatic heterocycles. The van der Waals surface area contributed by atoms with E-state index in [4.69, 9.17) is 4.74 Å². The van der Waals surface area contributed by atoms with Gasteiger partial charge >= 0.3 is 0 Å². The Morgan fingerprint density at radius 2 is 1.64 bits per heavy atom. The molecule has 3 aromatic carbocycles. The predicted octanol–water partition coefficient (Wildman–Crippen LogP) is 4.61. The van der Waals surface area contributed by atoms with E-state index in [-0.39, 0.29) is 23.6 Å². The summed E-state index contributed by atoms with van der Waals surface area (Å²) in [6, 6.07) is 23.0. The molecule has 1 saturated heterocycles. The van der Waals surface area contributed by atoms with Crippen molar-refractivity contribution in [3.63, 3.8) is 0 Å². The van der Waals surface area contributed by atoms with Gasteiger partial charge in [0.25, 0.3) is 0 Å². The van der Waals surface area contributed by atoms with Crippen LogP contribution in [-0.2, 0) is 32.1 Å². The highest BCUT2D eigenvalue weighted by Crippen LogP contribution is 2.23. The van der Waals surface area contributed by atoms with Gasteiger partial charge in [0.2, 0.25) is 17.7 Å². The zero-order chi connectivity index (χ0) is 31.1. The topological polar surface area (TPSA) is 99.8 Å². The minimum absolute atomic E-state index is 0.0427. The lowest BCUT2D eigenvalue weighted by molar-refractivity contribution is -0.142. The van der Waals surface area contributed by atoms with Crippen molar-refractivity contribution in [2.24, 2.45) is 5.92 Å². The molecule has 0 bridgehead atoms. The van der Waals surface area contributed by atoms with Crippen LogP contribution in [0.25, 0.3) is 10.8 Å². The van der Waals surface area contributed by atoms with Crippen molar-refractivity contribution in [1.29, 1.82) is 0 Å². The van der Waals surface area contributed by atoms with Gasteiger partial charge in [-0.2, -0.15) is 0 Å². The number of likely N-dealkylation sites (tertiary alicyclic amines) is 1. The smallest absolute Gasteiger partial charge is 0.243 e. The molecule has 1 heterocycles. The quantitative estimate of drug-likeness (QED) is 0.197. The van der Waals surface area contributed by atoms with Crippen molar-refractivity contribution in [1.82, 2.24) is 20.9 Å². The second-order valence-corrected chi connectivity index (χ2v) is 11.6. The molecule has 236 valence electrons. The highest BCUT2D eigenvalue weighted by atomic mass is 16.5. The van der Waals surface area contributed by atoms with Crippen LogP contribution in [0.1, 0.15) is 57.1 Å². The van der Waals surface area contributed by atoms with Gasteiger partial charge in [-0.25, -0.2) is 0 Å². The fraction of sp³-hybridized carbons (Fsp3) is 0.472. The molecule has 8 nitrogen and oxygen atoms in total. The molecule has 0 spiro atoms. The molecule has 0 aliphatic carbocycles. The molecule has 0 saturated carbocycles.